The SMILES string of the molecule is CC(C(=O)O)N(C=O)c1ccc(C2=NN(C)C(=O)C2(C)NO)cc1. The van der Waals surface area contributed by atoms with Gasteiger partial charge in [-0.05, 0) is 26.0 Å². The molecule has 1 aromatic rings. The molecule has 2 rings (SSSR count). The molecular formula is C15H18N4O5. The maximum atomic E-state index is 12.1. The molecule has 1 heterocycles. The number of likely N-dealkylation sites (N-methyl/N-ethyl adjacent to an activating group) is 1. The quantitative estimate of drug-likeness (QED) is 0.498. The van der Waals surface area contributed by atoms with Crippen LogP contribution in [0.1, 0.15) is 19.4 Å². The Labute approximate surface area is 138 Å². The normalized spacial score (nSPS) is 21.4. The van der Waals surface area contributed by atoms with Crippen molar-refractivity contribution in [2.24, 2.45) is 5.10 Å². The van der Waals surface area contributed by atoms with Gasteiger partial charge in [0.2, 0.25) is 6.41 Å². The largest absolute Gasteiger partial charge is 0.480 e. The maximum absolute atomic E-state index is 12.1. The minimum absolute atomic E-state index is 0.313. The first-order valence-corrected chi connectivity index (χ1v) is 7.11. The molecule has 0 aliphatic carbocycles. The Balaban J connectivity index is 2.36. The lowest BCUT2D eigenvalue weighted by Crippen LogP contribution is -2.53. The number of carboxylic acid groups (broad SMARTS) is 1. The van der Waals surface area contributed by atoms with Crippen molar-refractivity contribution in [2.75, 3.05) is 11.9 Å². The lowest BCUT2D eigenvalue weighted by molar-refractivity contribution is -0.139. The molecule has 0 saturated heterocycles. The van der Waals surface area contributed by atoms with Crippen molar-refractivity contribution >= 4 is 29.7 Å². The summed E-state index contributed by atoms with van der Waals surface area (Å²) in [5.74, 6) is -1.55. The number of nitrogens with zero attached hydrogens (tertiary/aromatic N) is 3. The van der Waals surface area contributed by atoms with Gasteiger partial charge in [-0.25, -0.2) is 9.80 Å². The highest BCUT2D eigenvalue weighted by molar-refractivity contribution is 6.23. The molecule has 1 aliphatic rings. The molecule has 2 atom stereocenters. The van der Waals surface area contributed by atoms with E-state index in [4.69, 9.17) is 5.11 Å². The Kier molecular flexibility index (Phi) is 4.67. The van der Waals surface area contributed by atoms with Gasteiger partial charge in [-0.1, -0.05) is 12.1 Å². The topological polar surface area (TPSA) is 123 Å². The summed E-state index contributed by atoms with van der Waals surface area (Å²) in [5.41, 5.74) is 1.86. The Hall–Kier alpha value is -2.78. The standard InChI is InChI=1S/C15H18N4O5/c1-9(13(21)22)19(8-20)11-6-4-10(5-7-11)12-15(2,17-24)14(23)18(3)16-12/h4-9,17,24H,1-3H3,(H,21,22). The zero-order valence-corrected chi connectivity index (χ0v) is 13.4. The second-order valence-corrected chi connectivity index (χ2v) is 5.59. The number of nitrogens with one attached hydrogen (secondary N) is 1. The number of hydrazone groups is 1. The highest BCUT2D eigenvalue weighted by Gasteiger charge is 2.46. The van der Waals surface area contributed by atoms with Gasteiger partial charge >= 0.3 is 5.97 Å². The number of carbonyl (C=O) groups excluding carboxylic acids is 2. The molecule has 128 valence electrons. The molecule has 3 N–H and O–H groups in total. The van der Waals surface area contributed by atoms with Gasteiger partial charge in [0.1, 0.15) is 6.04 Å². The van der Waals surface area contributed by atoms with E-state index in [1.54, 1.807) is 24.3 Å². The molecule has 0 saturated carbocycles. The first kappa shape index (κ1) is 17.6. The minimum atomic E-state index is -1.38. The number of amides is 2. The van der Waals surface area contributed by atoms with Crippen LogP contribution in [0.4, 0.5) is 5.69 Å². The van der Waals surface area contributed by atoms with Crippen LogP contribution in [0.2, 0.25) is 0 Å². The van der Waals surface area contributed by atoms with E-state index in [1.165, 1.54) is 20.9 Å². The lowest BCUT2D eigenvalue weighted by Gasteiger charge is -2.23. The molecule has 0 radical (unpaired) electrons. The number of anilines is 1. The van der Waals surface area contributed by atoms with Gasteiger partial charge in [0, 0.05) is 18.3 Å². The number of benzene rings is 1. The molecule has 0 bridgehead atoms. The average Bonchev–Trinajstić information content (AvgIpc) is 2.81. The van der Waals surface area contributed by atoms with Crippen molar-refractivity contribution in [2.45, 2.75) is 25.4 Å². The number of hydrogen-bond donors (Lipinski definition) is 3. The highest BCUT2D eigenvalue weighted by atomic mass is 16.5. The van der Waals surface area contributed by atoms with Crippen LogP contribution in [-0.2, 0) is 14.4 Å². The number of hydroxylamine groups is 1. The fourth-order valence-electron chi connectivity index (χ4n) is 2.45. The molecule has 1 aromatic carbocycles. The van der Waals surface area contributed by atoms with Crippen molar-refractivity contribution in [3.63, 3.8) is 0 Å². The van der Waals surface area contributed by atoms with E-state index in [-0.39, 0.29) is 0 Å². The predicted molar refractivity (Wildman–Crippen MR) is 84.7 cm³/mol. The molecule has 0 spiro atoms. The smallest absolute Gasteiger partial charge is 0.326 e. The van der Waals surface area contributed by atoms with E-state index in [9.17, 15) is 19.6 Å². The molecule has 9 heteroatoms. The van der Waals surface area contributed by atoms with E-state index < -0.39 is 23.5 Å². The van der Waals surface area contributed by atoms with Crippen LogP contribution >= 0.6 is 0 Å². The number of hydrogen-bond acceptors (Lipinski definition) is 6. The summed E-state index contributed by atoms with van der Waals surface area (Å²) >= 11 is 0. The second-order valence-electron chi connectivity index (χ2n) is 5.59. The van der Waals surface area contributed by atoms with Gasteiger partial charge in [-0.2, -0.15) is 10.6 Å². The van der Waals surface area contributed by atoms with Crippen molar-refractivity contribution in [1.29, 1.82) is 0 Å². The monoisotopic (exact) mass is 334 g/mol. The van der Waals surface area contributed by atoms with Crippen LogP contribution in [0.3, 0.4) is 0 Å². The lowest BCUT2D eigenvalue weighted by atomic mass is 9.91. The number of aliphatic carboxylic acids is 1. The molecule has 2 unspecified atom stereocenters. The van der Waals surface area contributed by atoms with Crippen LogP contribution in [-0.4, -0.2) is 57.9 Å². The first-order chi connectivity index (χ1) is 11.3. The fraction of sp³-hybridized carbons (Fsp3) is 0.333. The van der Waals surface area contributed by atoms with Crippen LogP contribution in [0, 0.1) is 0 Å². The van der Waals surface area contributed by atoms with Gasteiger partial charge in [-0.15, -0.1) is 0 Å². The third kappa shape index (κ3) is 2.74. The van der Waals surface area contributed by atoms with Crippen LogP contribution < -0.4 is 10.4 Å². The van der Waals surface area contributed by atoms with Crippen LogP contribution in [0.15, 0.2) is 29.4 Å². The van der Waals surface area contributed by atoms with Crippen molar-refractivity contribution < 1.29 is 24.7 Å². The average molecular weight is 334 g/mol. The van der Waals surface area contributed by atoms with Gasteiger partial charge < -0.3 is 15.2 Å². The summed E-state index contributed by atoms with van der Waals surface area (Å²) < 4.78 is 0. The molecule has 1 aliphatic heterocycles. The molecule has 24 heavy (non-hydrogen) atoms. The molecule has 9 nitrogen and oxygen atoms in total. The van der Waals surface area contributed by atoms with Crippen molar-refractivity contribution in [3.8, 4) is 0 Å². The Morgan fingerprint density at radius 3 is 2.46 bits per heavy atom. The number of carbonyl (C=O) groups is 3. The molecule has 2 amide bonds. The first-order valence-electron chi connectivity index (χ1n) is 7.11. The summed E-state index contributed by atoms with van der Waals surface area (Å²) in [6, 6.07) is 5.27. The molecular weight excluding hydrogens is 316 g/mol. The van der Waals surface area contributed by atoms with Crippen molar-refractivity contribution in [3.05, 3.63) is 29.8 Å². The van der Waals surface area contributed by atoms with E-state index >= 15 is 0 Å². The zero-order chi connectivity index (χ0) is 18.1. The molecule has 0 aromatic heterocycles. The number of carboxylic acids is 1. The van der Waals surface area contributed by atoms with Gasteiger partial charge in [0.05, 0.1) is 5.71 Å². The van der Waals surface area contributed by atoms with Gasteiger partial charge in [-0.3, -0.25) is 9.59 Å². The summed E-state index contributed by atoms with van der Waals surface area (Å²) in [6.07, 6.45) is 0.442. The summed E-state index contributed by atoms with van der Waals surface area (Å²) in [4.78, 5) is 35.4. The minimum Gasteiger partial charge on any atom is -0.480 e. The number of rotatable bonds is 6. The Morgan fingerprint density at radius 1 is 1.42 bits per heavy atom. The fourth-order valence-corrected chi connectivity index (χ4v) is 2.45. The van der Waals surface area contributed by atoms with E-state index in [1.807, 2.05) is 5.48 Å². The second kappa shape index (κ2) is 6.38. The molecule has 0 fully saturated rings. The van der Waals surface area contributed by atoms with Gasteiger partial charge in [0.25, 0.3) is 5.91 Å². The summed E-state index contributed by atoms with van der Waals surface area (Å²) in [6.45, 7) is 2.89. The van der Waals surface area contributed by atoms with Crippen LogP contribution in [0.25, 0.3) is 0 Å². The third-order valence-corrected chi connectivity index (χ3v) is 4.00. The van der Waals surface area contributed by atoms with E-state index in [2.05, 4.69) is 5.10 Å². The Bertz CT molecular complexity index is 702. The van der Waals surface area contributed by atoms with Crippen LogP contribution in [0.5, 0.6) is 0 Å². The van der Waals surface area contributed by atoms with Gasteiger partial charge in [0.15, 0.2) is 5.54 Å². The van der Waals surface area contributed by atoms with E-state index in [0.29, 0.717) is 23.4 Å². The predicted octanol–water partition coefficient (Wildman–Crippen LogP) is 0.0361. The maximum Gasteiger partial charge on any atom is 0.326 e. The van der Waals surface area contributed by atoms with Crippen molar-refractivity contribution in [1.82, 2.24) is 10.5 Å². The summed E-state index contributed by atoms with van der Waals surface area (Å²) in [7, 11) is 1.47. The van der Waals surface area contributed by atoms with E-state index in [0.717, 1.165) is 9.91 Å². The Morgan fingerprint density at radius 2 is 2.00 bits per heavy atom. The third-order valence-electron chi connectivity index (χ3n) is 4.00. The summed E-state index contributed by atoms with van der Waals surface area (Å²) in [5, 5.41) is 23.6. The highest BCUT2D eigenvalue weighted by Crippen LogP contribution is 2.25. The zero-order valence-electron chi connectivity index (χ0n) is 13.4.